The van der Waals surface area contributed by atoms with E-state index in [1.807, 2.05) is 53.0 Å². The van der Waals surface area contributed by atoms with Crippen LogP contribution in [0.1, 0.15) is 30.2 Å². The maximum absolute atomic E-state index is 6.61. The van der Waals surface area contributed by atoms with Crippen molar-refractivity contribution < 1.29 is 14.2 Å². The molecule has 0 unspecified atom stereocenters. The molecule has 0 bridgehead atoms. The first-order valence-corrected chi connectivity index (χ1v) is 11.2. The fourth-order valence-corrected chi connectivity index (χ4v) is 4.44. The summed E-state index contributed by atoms with van der Waals surface area (Å²) in [6.07, 6.45) is 1.80. The van der Waals surface area contributed by atoms with Crippen molar-refractivity contribution in [3.8, 4) is 0 Å². The monoisotopic (exact) mass is 444 g/mol. The number of nitrogens with two attached hydrogens (primary N) is 1. The summed E-state index contributed by atoms with van der Waals surface area (Å²) in [6.45, 7) is 3.55. The average Bonchev–Trinajstić information content (AvgIpc) is 3.42. The summed E-state index contributed by atoms with van der Waals surface area (Å²) in [5, 5.41) is 4.41. The van der Waals surface area contributed by atoms with E-state index in [0.29, 0.717) is 32.1 Å². The Hall–Kier alpha value is -3.26. The van der Waals surface area contributed by atoms with Crippen molar-refractivity contribution in [3.05, 3.63) is 95.9 Å². The normalized spacial score (nSPS) is 22.7. The number of rotatable bonds is 8. The SMILES string of the molecule is C[C@]1(c2ccc3c(N)ncnn23)C[C@H](OCc2ccccc2)[C@@H](COCc2ccccc2)O1. The van der Waals surface area contributed by atoms with Gasteiger partial charge in [-0.15, -0.1) is 0 Å². The summed E-state index contributed by atoms with van der Waals surface area (Å²) in [5.41, 5.74) is 9.39. The molecule has 7 nitrogen and oxygen atoms in total. The fraction of sp³-hybridized carbons (Fsp3) is 0.308. The second-order valence-corrected chi connectivity index (χ2v) is 8.59. The van der Waals surface area contributed by atoms with Crippen LogP contribution in [0.3, 0.4) is 0 Å². The minimum absolute atomic E-state index is 0.129. The Kier molecular flexibility index (Phi) is 6.09. The van der Waals surface area contributed by atoms with Gasteiger partial charge in [-0.3, -0.25) is 0 Å². The van der Waals surface area contributed by atoms with Crippen LogP contribution < -0.4 is 5.73 Å². The molecule has 1 aliphatic heterocycles. The van der Waals surface area contributed by atoms with Crippen LogP contribution in [0.15, 0.2) is 79.1 Å². The van der Waals surface area contributed by atoms with E-state index in [-0.39, 0.29) is 12.2 Å². The Morgan fingerprint density at radius 3 is 2.42 bits per heavy atom. The number of fused-ring (bicyclic) bond motifs is 1. The largest absolute Gasteiger partial charge is 0.382 e. The standard InChI is InChI=1S/C26H28N4O3/c1-26(24-13-12-21-25(27)28-18-29-30(21)24)14-22(32-16-20-10-6-3-7-11-20)23(33-26)17-31-15-19-8-4-2-5-9-19/h2-13,18,22-23H,14-17H2,1H3,(H2,27,28,29)/t22-,23+,26+/m0/s1. The van der Waals surface area contributed by atoms with E-state index < -0.39 is 5.60 Å². The topological polar surface area (TPSA) is 83.9 Å². The molecule has 33 heavy (non-hydrogen) atoms. The van der Waals surface area contributed by atoms with Gasteiger partial charge in [-0.25, -0.2) is 9.50 Å². The molecule has 0 spiro atoms. The highest BCUT2D eigenvalue weighted by atomic mass is 16.6. The van der Waals surface area contributed by atoms with E-state index in [1.165, 1.54) is 6.33 Å². The lowest BCUT2D eigenvalue weighted by molar-refractivity contribution is -0.0974. The number of hydrogen-bond donors (Lipinski definition) is 1. The zero-order valence-corrected chi connectivity index (χ0v) is 18.6. The van der Waals surface area contributed by atoms with Crippen molar-refractivity contribution in [2.45, 2.75) is 44.4 Å². The second-order valence-electron chi connectivity index (χ2n) is 8.59. The van der Waals surface area contributed by atoms with Crippen LogP contribution in [0.5, 0.6) is 0 Å². The molecule has 4 aromatic rings. The van der Waals surface area contributed by atoms with Crippen LogP contribution in [0.2, 0.25) is 0 Å². The van der Waals surface area contributed by atoms with Crippen LogP contribution >= 0.6 is 0 Å². The highest BCUT2D eigenvalue weighted by molar-refractivity contribution is 5.65. The van der Waals surface area contributed by atoms with E-state index in [1.54, 1.807) is 0 Å². The first-order valence-electron chi connectivity index (χ1n) is 11.2. The maximum Gasteiger partial charge on any atom is 0.151 e. The number of nitrogens with zero attached hydrogens (tertiary/aromatic N) is 3. The summed E-state index contributed by atoms with van der Waals surface area (Å²) in [4.78, 5) is 4.09. The van der Waals surface area contributed by atoms with Gasteiger partial charge >= 0.3 is 0 Å². The van der Waals surface area contributed by atoms with E-state index in [2.05, 4.69) is 41.3 Å². The van der Waals surface area contributed by atoms with E-state index in [0.717, 1.165) is 22.3 Å². The lowest BCUT2D eigenvalue weighted by Crippen LogP contribution is -2.29. The molecule has 0 aliphatic carbocycles. The molecule has 0 amide bonds. The lowest BCUT2D eigenvalue weighted by Gasteiger charge is -2.24. The van der Waals surface area contributed by atoms with Gasteiger partial charge in [-0.1, -0.05) is 60.7 Å². The van der Waals surface area contributed by atoms with E-state index in [4.69, 9.17) is 19.9 Å². The number of benzene rings is 2. The summed E-state index contributed by atoms with van der Waals surface area (Å²) in [7, 11) is 0. The zero-order valence-electron chi connectivity index (χ0n) is 18.6. The summed E-state index contributed by atoms with van der Waals surface area (Å²) in [6, 6.07) is 24.2. The molecule has 0 radical (unpaired) electrons. The molecule has 7 heteroatoms. The minimum Gasteiger partial charge on any atom is -0.382 e. The molecule has 2 aromatic carbocycles. The molecule has 5 rings (SSSR count). The van der Waals surface area contributed by atoms with Gasteiger partial charge in [0, 0.05) is 6.42 Å². The highest BCUT2D eigenvalue weighted by Crippen LogP contribution is 2.41. The molecule has 2 N–H and O–H groups in total. The number of ether oxygens (including phenoxy) is 3. The van der Waals surface area contributed by atoms with Gasteiger partial charge in [0.15, 0.2) is 5.82 Å². The third kappa shape index (κ3) is 4.61. The number of hydrogen-bond acceptors (Lipinski definition) is 6. The maximum atomic E-state index is 6.61. The molecule has 170 valence electrons. The average molecular weight is 445 g/mol. The van der Waals surface area contributed by atoms with Crippen molar-refractivity contribution in [1.82, 2.24) is 14.6 Å². The molecule has 3 atom stereocenters. The number of nitrogen functional groups attached to an aromatic ring is 1. The Labute approximate surface area is 193 Å². The first-order chi connectivity index (χ1) is 16.1. The quantitative estimate of drug-likeness (QED) is 0.440. The first kappa shape index (κ1) is 21.6. The molecular formula is C26H28N4O3. The van der Waals surface area contributed by atoms with Gasteiger partial charge in [0.1, 0.15) is 23.5 Å². The van der Waals surface area contributed by atoms with Crippen molar-refractivity contribution in [3.63, 3.8) is 0 Å². The predicted molar refractivity (Wildman–Crippen MR) is 125 cm³/mol. The van der Waals surface area contributed by atoms with Gasteiger partial charge in [0.25, 0.3) is 0 Å². The molecule has 1 fully saturated rings. The van der Waals surface area contributed by atoms with E-state index in [9.17, 15) is 0 Å². The van der Waals surface area contributed by atoms with Gasteiger partial charge in [-0.2, -0.15) is 5.10 Å². The Balaban J connectivity index is 1.35. The minimum atomic E-state index is -0.602. The number of aromatic nitrogens is 3. The summed E-state index contributed by atoms with van der Waals surface area (Å²) in [5.74, 6) is 0.442. The van der Waals surface area contributed by atoms with Gasteiger partial charge in [0.05, 0.1) is 31.6 Å². The zero-order chi connectivity index (χ0) is 22.7. The molecule has 0 saturated carbocycles. The van der Waals surface area contributed by atoms with Crippen molar-refractivity contribution in [2.75, 3.05) is 12.3 Å². The van der Waals surface area contributed by atoms with Crippen LogP contribution in [-0.2, 0) is 33.0 Å². The third-order valence-electron chi connectivity index (χ3n) is 6.14. The Bertz CT molecular complexity index is 1200. The van der Waals surface area contributed by atoms with Gasteiger partial charge in [-0.05, 0) is 30.2 Å². The Morgan fingerprint density at radius 2 is 1.70 bits per heavy atom. The molecule has 1 aliphatic rings. The summed E-state index contributed by atoms with van der Waals surface area (Å²) < 4.78 is 20.8. The lowest BCUT2D eigenvalue weighted by atomic mass is 9.96. The van der Waals surface area contributed by atoms with Gasteiger partial charge in [0.2, 0.25) is 0 Å². The van der Waals surface area contributed by atoms with Crippen LogP contribution in [0.25, 0.3) is 5.52 Å². The molecular weight excluding hydrogens is 416 g/mol. The Morgan fingerprint density at radius 1 is 1.00 bits per heavy atom. The van der Waals surface area contributed by atoms with Crippen molar-refractivity contribution in [2.24, 2.45) is 0 Å². The smallest absolute Gasteiger partial charge is 0.151 e. The highest BCUT2D eigenvalue weighted by Gasteiger charge is 2.47. The fourth-order valence-electron chi connectivity index (χ4n) is 4.44. The molecule has 2 aromatic heterocycles. The summed E-state index contributed by atoms with van der Waals surface area (Å²) >= 11 is 0. The molecule has 3 heterocycles. The number of anilines is 1. The van der Waals surface area contributed by atoms with Crippen molar-refractivity contribution >= 4 is 11.3 Å². The van der Waals surface area contributed by atoms with Crippen LogP contribution in [0, 0.1) is 0 Å². The van der Waals surface area contributed by atoms with Crippen LogP contribution in [0.4, 0.5) is 5.82 Å². The van der Waals surface area contributed by atoms with Crippen molar-refractivity contribution in [1.29, 1.82) is 0 Å². The van der Waals surface area contributed by atoms with E-state index >= 15 is 0 Å². The third-order valence-corrected chi connectivity index (χ3v) is 6.14. The second kappa shape index (κ2) is 9.31. The molecule has 1 saturated heterocycles. The van der Waals surface area contributed by atoms with Crippen LogP contribution in [-0.4, -0.2) is 33.4 Å². The predicted octanol–water partition coefficient (Wildman–Crippen LogP) is 4.12. The van der Waals surface area contributed by atoms with Gasteiger partial charge < -0.3 is 19.9 Å².